The van der Waals surface area contributed by atoms with Gasteiger partial charge in [-0.25, -0.2) is 4.98 Å². The molecule has 3 N–H and O–H groups in total. The molecular weight excluding hydrogens is 389 g/mol. The molecule has 1 saturated heterocycles. The summed E-state index contributed by atoms with van der Waals surface area (Å²) in [4.78, 5) is 43.1. The van der Waals surface area contributed by atoms with Crippen molar-refractivity contribution in [2.24, 2.45) is 5.92 Å². The largest absolute Gasteiger partial charge is 0.408 e. The normalized spacial score (nSPS) is 19.5. The minimum atomic E-state index is -4.54. The number of alkyl halides is 3. The Balaban J connectivity index is 1.74. The number of nitrogens with zero attached hydrogens (tertiary/aromatic N) is 1. The zero-order valence-corrected chi connectivity index (χ0v) is 15.5. The summed E-state index contributed by atoms with van der Waals surface area (Å²) < 4.78 is 38.2. The van der Waals surface area contributed by atoms with Crippen molar-refractivity contribution in [3.8, 4) is 11.4 Å². The fourth-order valence-corrected chi connectivity index (χ4v) is 3.10. The minimum Gasteiger partial charge on any atom is -0.344 e. The number of hydrogen-bond donors (Lipinski definition) is 3. The molecule has 1 aromatic carbocycles. The van der Waals surface area contributed by atoms with E-state index in [1.165, 1.54) is 6.07 Å². The summed E-state index contributed by atoms with van der Waals surface area (Å²) >= 11 is 0. The van der Waals surface area contributed by atoms with Crippen LogP contribution < -0.4 is 16.2 Å². The topological polar surface area (TPSA) is 104 Å². The number of rotatable bonds is 4. The summed E-state index contributed by atoms with van der Waals surface area (Å²) in [7, 11) is 0. The van der Waals surface area contributed by atoms with Crippen LogP contribution in [-0.4, -0.2) is 34.0 Å². The lowest BCUT2D eigenvalue weighted by atomic mass is 9.92. The standard InChI is InChI=1S/C19H19F3N4O3/c1-2-11-9-15(27)26-16(23-11)10-4-3-5-12(8-10)24-17(28)13-6-7-14(19(20,21)22)25-18(13)29/h3-5,8-9,13-14H,2,6-7H2,1H3,(H,24,28)(H,25,29)(H,23,26,27). The van der Waals surface area contributed by atoms with E-state index in [0.717, 1.165) is 0 Å². The molecule has 2 atom stereocenters. The number of piperidine rings is 1. The number of carbonyl (C=O) groups excluding carboxylic acids is 2. The van der Waals surface area contributed by atoms with Crippen molar-refractivity contribution >= 4 is 17.5 Å². The van der Waals surface area contributed by atoms with Gasteiger partial charge in [-0.05, 0) is 31.4 Å². The average Bonchev–Trinajstić information content (AvgIpc) is 2.66. The minimum absolute atomic E-state index is 0.199. The maximum Gasteiger partial charge on any atom is 0.408 e. The van der Waals surface area contributed by atoms with E-state index >= 15 is 0 Å². The molecule has 1 fully saturated rings. The van der Waals surface area contributed by atoms with Crippen LogP contribution in [0.5, 0.6) is 0 Å². The number of halogens is 3. The molecule has 29 heavy (non-hydrogen) atoms. The fraction of sp³-hybridized carbons (Fsp3) is 0.368. The fourth-order valence-electron chi connectivity index (χ4n) is 3.10. The molecule has 2 amide bonds. The molecule has 10 heteroatoms. The van der Waals surface area contributed by atoms with Gasteiger partial charge in [-0.3, -0.25) is 14.4 Å². The van der Waals surface area contributed by atoms with Crippen molar-refractivity contribution in [1.29, 1.82) is 0 Å². The molecule has 1 aromatic heterocycles. The Kier molecular flexibility index (Phi) is 5.71. The molecule has 1 aliphatic heterocycles. The Morgan fingerprint density at radius 3 is 2.66 bits per heavy atom. The van der Waals surface area contributed by atoms with Crippen LogP contribution in [0.15, 0.2) is 35.1 Å². The van der Waals surface area contributed by atoms with Crippen molar-refractivity contribution in [1.82, 2.24) is 15.3 Å². The van der Waals surface area contributed by atoms with E-state index in [1.807, 2.05) is 12.2 Å². The summed E-state index contributed by atoms with van der Waals surface area (Å²) in [5.74, 6) is -2.52. The number of aromatic amines is 1. The molecule has 0 saturated carbocycles. The van der Waals surface area contributed by atoms with E-state index in [0.29, 0.717) is 29.2 Å². The van der Waals surface area contributed by atoms with Crippen LogP contribution in [0.25, 0.3) is 11.4 Å². The first kappa shape index (κ1) is 20.6. The monoisotopic (exact) mass is 408 g/mol. The van der Waals surface area contributed by atoms with Gasteiger partial charge in [-0.1, -0.05) is 19.1 Å². The highest BCUT2D eigenvalue weighted by Crippen LogP contribution is 2.29. The van der Waals surface area contributed by atoms with E-state index in [9.17, 15) is 27.6 Å². The third kappa shape index (κ3) is 4.82. The maximum absolute atomic E-state index is 12.7. The van der Waals surface area contributed by atoms with E-state index in [1.54, 1.807) is 24.3 Å². The Morgan fingerprint density at radius 2 is 2.00 bits per heavy atom. The van der Waals surface area contributed by atoms with Gasteiger partial charge in [0.25, 0.3) is 5.56 Å². The smallest absolute Gasteiger partial charge is 0.344 e. The third-order valence-corrected chi connectivity index (χ3v) is 4.65. The molecule has 1 aliphatic rings. The van der Waals surface area contributed by atoms with E-state index in [4.69, 9.17) is 0 Å². The molecule has 154 valence electrons. The summed E-state index contributed by atoms with van der Waals surface area (Å²) in [6, 6.07) is 5.91. The summed E-state index contributed by atoms with van der Waals surface area (Å²) in [6.45, 7) is 1.86. The number of carbonyl (C=O) groups is 2. The van der Waals surface area contributed by atoms with Crippen LogP contribution in [0.4, 0.5) is 18.9 Å². The van der Waals surface area contributed by atoms with Crippen LogP contribution in [0.1, 0.15) is 25.5 Å². The van der Waals surface area contributed by atoms with E-state index in [-0.39, 0.29) is 18.4 Å². The molecule has 0 spiro atoms. The lowest BCUT2D eigenvalue weighted by Gasteiger charge is -2.29. The van der Waals surface area contributed by atoms with Gasteiger partial charge >= 0.3 is 6.18 Å². The van der Waals surface area contributed by atoms with Crippen molar-refractivity contribution in [3.05, 3.63) is 46.4 Å². The molecule has 0 aliphatic carbocycles. The number of aromatic nitrogens is 2. The zero-order chi connectivity index (χ0) is 21.2. The number of H-pyrrole nitrogens is 1. The first-order chi connectivity index (χ1) is 13.7. The predicted octanol–water partition coefficient (Wildman–Crippen LogP) is 2.39. The Labute approximate surface area is 163 Å². The number of aryl methyl sites for hydroxylation is 1. The second-order valence-corrected chi connectivity index (χ2v) is 6.74. The predicted molar refractivity (Wildman–Crippen MR) is 99.0 cm³/mol. The molecule has 3 rings (SSSR count). The highest BCUT2D eigenvalue weighted by atomic mass is 19.4. The second kappa shape index (κ2) is 8.06. The van der Waals surface area contributed by atoms with Gasteiger partial charge in [0.1, 0.15) is 17.8 Å². The molecule has 0 radical (unpaired) electrons. The van der Waals surface area contributed by atoms with Gasteiger partial charge in [0.15, 0.2) is 0 Å². The Morgan fingerprint density at radius 1 is 1.24 bits per heavy atom. The maximum atomic E-state index is 12.7. The number of amides is 2. The van der Waals surface area contributed by atoms with Crippen molar-refractivity contribution in [2.75, 3.05) is 5.32 Å². The van der Waals surface area contributed by atoms with Gasteiger partial charge in [0.2, 0.25) is 11.8 Å². The summed E-state index contributed by atoms with van der Waals surface area (Å²) in [6.07, 6.45) is -4.53. The van der Waals surface area contributed by atoms with Gasteiger partial charge in [0.05, 0.1) is 0 Å². The Bertz CT molecular complexity index is 987. The highest BCUT2D eigenvalue weighted by Gasteiger charge is 2.45. The lowest BCUT2D eigenvalue weighted by molar-refractivity contribution is -0.170. The van der Waals surface area contributed by atoms with Gasteiger partial charge in [0, 0.05) is 23.0 Å². The summed E-state index contributed by atoms with van der Waals surface area (Å²) in [5.41, 5.74) is 1.18. The van der Waals surface area contributed by atoms with Crippen LogP contribution in [0.2, 0.25) is 0 Å². The molecule has 2 heterocycles. The summed E-state index contributed by atoms with van der Waals surface area (Å²) in [5, 5.41) is 4.40. The highest BCUT2D eigenvalue weighted by molar-refractivity contribution is 6.07. The second-order valence-electron chi connectivity index (χ2n) is 6.74. The number of nitrogens with one attached hydrogen (secondary N) is 3. The van der Waals surface area contributed by atoms with Crippen LogP contribution in [0, 0.1) is 5.92 Å². The molecule has 0 bridgehead atoms. The number of hydrogen-bond acceptors (Lipinski definition) is 4. The van der Waals surface area contributed by atoms with Crippen LogP contribution in [0.3, 0.4) is 0 Å². The molecular formula is C19H19F3N4O3. The lowest BCUT2D eigenvalue weighted by Crippen LogP contribution is -2.53. The molecule has 7 nitrogen and oxygen atoms in total. The van der Waals surface area contributed by atoms with E-state index in [2.05, 4.69) is 15.3 Å². The van der Waals surface area contributed by atoms with Gasteiger partial charge in [-0.2, -0.15) is 13.2 Å². The Hall–Kier alpha value is -3.17. The van der Waals surface area contributed by atoms with Crippen LogP contribution >= 0.6 is 0 Å². The van der Waals surface area contributed by atoms with Gasteiger partial charge < -0.3 is 15.6 Å². The first-order valence-corrected chi connectivity index (χ1v) is 9.06. The average molecular weight is 408 g/mol. The number of benzene rings is 1. The van der Waals surface area contributed by atoms with Crippen LogP contribution in [-0.2, 0) is 16.0 Å². The number of anilines is 1. The third-order valence-electron chi connectivity index (χ3n) is 4.65. The quantitative estimate of drug-likeness (QED) is 0.676. The first-order valence-electron chi connectivity index (χ1n) is 9.06. The van der Waals surface area contributed by atoms with Crippen molar-refractivity contribution < 1.29 is 22.8 Å². The zero-order valence-electron chi connectivity index (χ0n) is 15.5. The van der Waals surface area contributed by atoms with Crippen molar-refractivity contribution in [2.45, 2.75) is 38.4 Å². The van der Waals surface area contributed by atoms with E-state index < -0.39 is 30.0 Å². The molecule has 2 aromatic rings. The molecule has 2 unspecified atom stereocenters. The van der Waals surface area contributed by atoms with Crippen molar-refractivity contribution in [3.63, 3.8) is 0 Å². The SMILES string of the molecule is CCc1cc(=O)[nH]c(-c2cccc(NC(=O)C3CCC(C(F)(F)F)NC3=O)c2)n1. The van der Waals surface area contributed by atoms with Gasteiger partial charge in [-0.15, -0.1) is 0 Å².